The molecular formula is C12H22N2O. The Bertz CT molecular complexity index is 226. The van der Waals surface area contributed by atoms with Crippen LogP contribution in [0.1, 0.15) is 33.1 Å². The molecule has 1 rings (SSSR count). The molecule has 0 N–H and O–H groups in total. The predicted octanol–water partition coefficient (Wildman–Crippen LogP) is 2.04. The van der Waals surface area contributed by atoms with Crippen LogP contribution in [-0.2, 0) is 4.74 Å². The van der Waals surface area contributed by atoms with Crippen LogP contribution < -0.4 is 0 Å². The Morgan fingerprint density at radius 1 is 1.47 bits per heavy atom. The van der Waals surface area contributed by atoms with E-state index in [0.29, 0.717) is 6.04 Å². The summed E-state index contributed by atoms with van der Waals surface area (Å²) in [5.41, 5.74) is -0.0858. The van der Waals surface area contributed by atoms with Gasteiger partial charge in [-0.3, -0.25) is 0 Å². The fourth-order valence-electron chi connectivity index (χ4n) is 2.04. The van der Waals surface area contributed by atoms with Crippen molar-refractivity contribution in [3.8, 4) is 6.07 Å². The van der Waals surface area contributed by atoms with E-state index in [1.807, 2.05) is 0 Å². The fourth-order valence-corrected chi connectivity index (χ4v) is 2.04. The van der Waals surface area contributed by atoms with E-state index in [9.17, 15) is 0 Å². The van der Waals surface area contributed by atoms with Crippen LogP contribution in [0.4, 0.5) is 0 Å². The zero-order chi connectivity index (χ0) is 11.3. The number of likely N-dealkylation sites (tertiary alicyclic amines) is 1. The number of rotatable bonds is 4. The lowest BCUT2D eigenvalue weighted by atomic mass is 9.81. The Morgan fingerprint density at radius 3 is 2.53 bits per heavy atom. The molecule has 3 nitrogen and oxygen atoms in total. The van der Waals surface area contributed by atoms with Gasteiger partial charge >= 0.3 is 0 Å². The van der Waals surface area contributed by atoms with Crippen LogP contribution in [0, 0.1) is 16.7 Å². The molecule has 86 valence electrons. The van der Waals surface area contributed by atoms with Gasteiger partial charge in [-0.05, 0) is 46.2 Å². The lowest BCUT2D eigenvalue weighted by Crippen LogP contribution is -2.43. The molecular weight excluding hydrogens is 188 g/mol. The standard InChI is InChI=1S/C12H22N2O/c1-11(4-9-15-3)14-7-5-12(2,10-13)6-8-14/h11H,4-9H2,1-3H3. The first-order valence-corrected chi connectivity index (χ1v) is 5.75. The van der Waals surface area contributed by atoms with E-state index in [-0.39, 0.29) is 5.41 Å². The molecule has 15 heavy (non-hydrogen) atoms. The predicted molar refractivity (Wildman–Crippen MR) is 60.5 cm³/mol. The molecule has 0 aromatic heterocycles. The Balaban J connectivity index is 2.34. The molecule has 3 heteroatoms. The molecule has 1 saturated heterocycles. The molecule has 0 bridgehead atoms. The van der Waals surface area contributed by atoms with Crippen molar-refractivity contribution < 1.29 is 4.74 Å². The zero-order valence-corrected chi connectivity index (χ0v) is 10.1. The first-order chi connectivity index (χ1) is 7.11. The van der Waals surface area contributed by atoms with Crippen LogP contribution in [0.3, 0.4) is 0 Å². The van der Waals surface area contributed by atoms with E-state index in [2.05, 4.69) is 24.8 Å². The minimum Gasteiger partial charge on any atom is -0.385 e. The third-order valence-corrected chi connectivity index (χ3v) is 3.53. The van der Waals surface area contributed by atoms with Crippen LogP contribution >= 0.6 is 0 Å². The van der Waals surface area contributed by atoms with Crippen molar-refractivity contribution in [2.24, 2.45) is 5.41 Å². The molecule has 1 unspecified atom stereocenters. The van der Waals surface area contributed by atoms with E-state index in [4.69, 9.17) is 10.00 Å². The number of hydrogen-bond donors (Lipinski definition) is 0. The number of methoxy groups -OCH3 is 1. The molecule has 1 aliphatic rings. The van der Waals surface area contributed by atoms with Crippen LogP contribution in [0.5, 0.6) is 0 Å². The van der Waals surface area contributed by atoms with Crippen molar-refractivity contribution in [2.75, 3.05) is 26.8 Å². The third-order valence-electron chi connectivity index (χ3n) is 3.53. The van der Waals surface area contributed by atoms with Crippen LogP contribution in [0.2, 0.25) is 0 Å². The van der Waals surface area contributed by atoms with Crippen LogP contribution in [-0.4, -0.2) is 37.7 Å². The summed E-state index contributed by atoms with van der Waals surface area (Å²) in [5.74, 6) is 0. The fraction of sp³-hybridized carbons (Fsp3) is 0.917. The van der Waals surface area contributed by atoms with E-state index in [0.717, 1.165) is 39.0 Å². The molecule has 0 radical (unpaired) electrons. The van der Waals surface area contributed by atoms with E-state index in [1.54, 1.807) is 7.11 Å². The quantitative estimate of drug-likeness (QED) is 0.712. The highest BCUT2D eigenvalue weighted by atomic mass is 16.5. The summed E-state index contributed by atoms with van der Waals surface area (Å²) in [6.07, 6.45) is 3.08. The van der Waals surface area contributed by atoms with Crippen LogP contribution in [0.15, 0.2) is 0 Å². The lowest BCUT2D eigenvalue weighted by Gasteiger charge is -2.38. The Labute approximate surface area is 93.0 Å². The zero-order valence-electron chi connectivity index (χ0n) is 10.1. The molecule has 0 spiro atoms. The lowest BCUT2D eigenvalue weighted by molar-refractivity contribution is 0.0932. The van der Waals surface area contributed by atoms with Crippen molar-refractivity contribution in [2.45, 2.75) is 39.2 Å². The van der Waals surface area contributed by atoms with Crippen molar-refractivity contribution in [1.82, 2.24) is 4.90 Å². The normalized spacial score (nSPS) is 23.3. The van der Waals surface area contributed by atoms with Gasteiger partial charge in [0, 0.05) is 19.8 Å². The molecule has 1 atom stereocenters. The second kappa shape index (κ2) is 5.48. The molecule has 0 aromatic rings. The topological polar surface area (TPSA) is 36.3 Å². The molecule has 0 aliphatic carbocycles. The number of piperidine rings is 1. The summed E-state index contributed by atoms with van der Waals surface area (Å²) >= 11 is 0. The maximum absolute atomic E-state index is 9.03. The van der Waals surface area contributed by atoms with Gasteiger partial charge in [0.25, 0.3) is 0 Å². The largest absolute Gasteiger partial charge is 0.385 e. The maximum Gasteiger partial charge on any atom is 0.0687 e. The SMILES string of the molecule is COCCC(C)N1CCC(C)(C#N)CC1. The first kappa shape index (κ1) is 12.5. The molecule has 0 aromatic carbocycles. The van der Waals surface area contributed by atoms with Gasteiger partial charge in [0.2, 0.25) is 0 Å². The molecule has 1 fully saturated rings. The minimum absolute atomic E-state index is 0.0858. The Morgan fingerprint density at radius 2 is 2.07 bits per heavy atom. The van der Waals surface area contributed by atoms with Gasteiger partial charge in [-0.2, -0.15) is 5.26 Å². The van der Waals surface area contributed by atoms with Crippen molar-refractivity contribution in [3.05, 3.63) is 0 Å². The smallest absolute Gasteiger partial charge is 0.0687 e. The van der Waals surface area contributed by atoms with E-state index < -0.39 is 0 Å². The summed E-state index contributed by atoms with van der Waals surface area (Å²) in [7, 11) is 1.75. The average Bonchev–Trinajstić information content (AvgIpc) is 2.27. The van der Waals surface area contributed by atoms with Gasteiger partial charge in [0.05, 0.1) is 11.5 Å². The Kier molecular flexibility index (Phi) is 4.56. The highest BCUT2D eigenvalue weighted by Crippen LogP contribution is 2.30. The van der Waals surface area contributed by atoms with Crippen molar-refractivity contribution in [1.29, 1.82) is 5.26 Å². The number of ether oxygens (including phenoxy) is 1. The number of nitriles is 1. The van der Waals surface area contributed by atoms with Gasteiger partial charge in [0.1, 0.15) is 0 Å². The number of nitrogens with zero attached hydrogens (tertiary/aromatic N) is 2. The van der Waals surface area contributed by atoms with Crippen LogP contribution in [0.25, 0.3) is 0 Å². The monoisotopic (exact) mass is 210 g/mol. The van der Waals surface area contributed by atoms with E-state index >= 15 is 0 Å². The van der Waals surface area contributed by atoms with Crippen molar-refractivity contribution >= 4 is 0 Å². The highest BCUT2D eigenvalue weighted by Gasteiger charge is 2.31. The highest BCUT2D eigenvalue weighted by molar-refractivity contribution is 4.99. The van der Waals surface area contributed by atoms with Crippen molar-refractivity contribution in [3.63, 3.8) is 0 Å². The molecule has 0 saturated carbocycles. The van der Waals surface area contributed by atoms with Gasteiger partial charge < -0.3 is 9.64 Å². The number of hydrogen-bond acceptors (Lipinski definition) is 3. The van der Waals surface area contributed by atoms with Gasteiger partial charge in [-0.1, -0.05) is 0 Å². The van der Waals surface area contributed by atoms with Gasteiger partial charge in [-0.15, -0.1) is 0 Å². The Hall–Kier alpha value is -0.590. The maximum atomic E-state index is 9.03. The molecule has 1 heterocycles. The minimum atomic E-state index is -0.0858. The van der Waals surface area contributed by atoms with Gasteiger partial charge in [-0.25, -0.2) is 0 Å². The summed E-state index contributed by atoms with van der Waals surface area (Å²) in [6.45, 7) is 7.25. The van der Waals surface area contributed by atoms with E-state index in [1.165, 1.54) is 0 Å². The summed E-state index contributed by atoms with van der Waals surface area (Å²) < 4.78 is 5.09. The average molecular weight is 210 g/mol. The second-order valence-corrected chi connectivity index (χ2v) is 4.84. The summed E-state index contributed by atoms with van der Waals surface area (Å²) in [5, 5.41) is 9.03. The summed E-state index contributed by atoms with van der Waals surface area (Å²) in [6, 6.07) is 3.01. The molecule has 0 amide bonds. The summed E-state index contributed by atoms with van der Waals surface area (Å²) in [4.78, 5) is 2.47. The molecule has 1 aliphatic heterocycles. The third kappa shape index (κ3) is 3.48. The van der Waals surface area contributed by atoms with Gasteiger partial charge in [0.15, 0.2) is 0 Å². The second-order valence-electron chi connectivity index (χ2n) is 4.84. The first-order valence-electron chi connectivity index (χ1n) is 5.75.